The summed E-state index contributed by atoms with van der Waals surface area (Å²) < 4.78 is 10.1. The monoisotopic (exact) mass is 505 g/mol. The van der Waals surface area contributed by atoms with Crippen molar-refractivity contribution in [3.05, 3.63) is 99.6 Å². The predicted octanol–water partition coefficient (Wildman–Crippen LogP) is 5.32. The largest absolute Gasteiger partial charge is 0.507 e. The average molecular weight is 506 g/mol. The molecule has 8 heteroatoms. The van der Waals surface area contributed by atoms with Crippen LogP contribution in [0.4, 0.5) is 5.69 Å². The quantitative estimate of drug-likeness (QED) is 0.211. The van der Waals surface area contributed by atoms with E-state index in [0.717, 1.165) is 12.0 Å². The van der Waals surface area contributed by atoms with Gasteiger partial charge in [0.1, 0.15) is 11.5 Å². The Morgan fingerprint density at radius 2 is 1.75 bits per heavy atom. The number of methoxy groups -OCH3 is 2. The van der Waals surface area contributed by atoms with Gasteiger partial charge in [0.25, 0.3) is 11.7 Å². The lowest BCUT2D eigenvalue weighted by Gasteiger charge is -2.26. The van der Waals surface area contributed by atoms with Crippen molar-refractivity contribution >= 4 is 40.7 Å². The summed E-state index contributed by atoms with van der Waals surface area (Å²) in [5.74, 6) is -2.31. The van der Waals surface area contributed by atoms with Gasteiger partial charge in [-0.2, -0.15) is 0 Å². The van der Waals surface area contributed by atoms with E-state index in [4.69, 9.17) is 21.1 Å². The fourth-order valence-electron chi connectivity index (χ4n) is 4.21. The Balaban J connectivity index is 1.96. The molecule has 1 unspecified atom stereocenters. The van der Waals surface area contributed by atoms with Gasteiger partial charge in [0.2, 0.25) is 0 Å². The molecule has 1 amide bonds. The summed E-state index contributed by atoms with van der Waals surface area (Å²) >= 11 is 6.36. The van der Waals surface area contributed by atoms with Crippen LogP contribution in [0, 0.1) is 0 Å². The zero-order valence-electron chi connectivity index (χ0n) is 19.9. The van der Waals surface area contributed by atoms with Crippen LogP contribution in [0.5, 0.6) is 5.75 Å². The van der Waals surface area contributed by atoms with Crippen LogP contribution in [0.25, 0.3) is 5.76 Å². The fraction of sp³-hybridized carbons (Fsp3) is 0.179. The molecule has 0 bridgehead atoms. The third-order valence-corrected chi connectivity index (χ3v) is 6.45. The SMILES string of the molecule is CCc1ccc(C2/C(=C(\O)c3cc(OC)ccc3Cl)C(=O)C(=O)N2c2cccc(C(=O)OC)c2)cc1. The topological polar surface area (TPSA) is 93.1 Å². The Labute approximate surface area is 213 Å². The van der Waals surface area contributed by atoms with Crippen LogP contribution in [0.2, 0.25) is 5.02 Å². The lowest BCUT2D eigenvalue weighted by Crippen LogP contribution is -2.29. The zero-order chi connectivity index (χ0) is 26.0. The summed E-state index contributed by atoms with van der Waals surface area (Å²) in [4.78, 5) is 40.2. The van der Waals surface area contributed by atoms with Crippen LogP contribution >= 0.6 is 11.6 Å². The first-order valence-electron chi connectivity index (χ1n) is 11.2. The number of rotatable bonds is 6. The number of halogens is 1. The molecule has 36 heavy (non-hydrogen) atoms. The van der Waals surface area contributed by atoms with Crippen molar-refractivity contribution in [1.82, 2.24) is 0 Å². The third-order valence-electron chi connectivity index (χ3n) is 6.12. The van der Waals surface area contributed by atoms with Gasteiger partial charge in [-0.25, -0.2) is 4.79 Å². The number of aryl methyl sites for hydroxylation is 1. The number of ketones is 1. The molecule has 1 heterocycles. The molecule has 3 aromatic carbocycles. The third kappa shape index (κ3) is 4.45. The number of hydrogen-bond donors (Lipinski definition) is 1. The number of aliphatic hydroxyl groups is 1. The molecule has 1 atom stereocenters. The Morgan fingerprint density at radius 3 is 2.39 bits per heavy atom. The van der Waals surface area contributed by atoms with E-state index in [1.54, 1.807) is 24.3 Å². The number of Topliss-reactive ketones (excluding diaryl/α,β-unsaturated/α-hetero) is 1. The minimum Gasteiger partial charge on any atom is -0.507 e. The van der Waals surface area contributed by atoms with Crippen molar-refractivity contribution in [2.45, 2.75) is 19.4 Å². The second-order valence-electron chi connectivity index (χ2n) is 8.15. The first kappa shape index (κ1) is 25.0. The fourth-order valence-corrected chi connectivity index (χ4v) is 4.42. The second kappa shape index (κ2) is 10.3. The van der Waals surface area contributed by atoms with E-state index in [-0.39, 0.29) is 21.7 Å². The standard InChI is InChI=1S/C28H24ClNO6/c1-4-16-8-10-17(11-9-16)24-23(25(31)21-15-20(35-2)12-13-22(21)29)26(32)27(33)30(24)19-7-5-6-18(14-19)28(34)36-3/h5-15,24,31H,4H2,1-3H3/b25-23+. The maximum Gasteiger partial charge on any atom is 0.337 e. The van der Waals surface area contributed by atoms with Crippen LogP contribution in [-0.2, 0) is 20.7 Å². The molecular formula is C28H24ClNO6. The highest BCUT2D eigenvalue weighted by Crippen LogP contribution is 2.43. The number of carbonyl (C=O) groups is 3. The zero-order valence-corrected chi connectivity index (χ0v) is 20.7. The molecule has 0 saturated carbocycles. The van der Waals surface area contributed by atoms with E-state index >= 15 is 0 Å². The Morgan fingerprint density at radius 1 is 1.03 bits per heavy atom. The first-order valence-corrected chi connectivity index (χ1v) is 11.6. The number of anilines is 1. The lowest BCUT2D eigenvalue weighted by atomic mass is 9.94. The highest BCUT2D eigenvalue weighted by molar-refractivity contribution is 6.52. The molecule has 1 fully saturated rings. The molecule has 3 aromatic rings. The number of ether oxygens (including phenoxy) is 2. The summed E-state index contributed by atoms with van der Waals surface area (Å²) in [5, 5.41) is 11.5. The molecule has 0 radical (unpaired) electrons. The van der Waals surface area contributed by atoms with Gasteiger partial charge in [0.15, 0.2) is 0 Å². The van der Waals surface area contributed by atoms with Crippen LogP contribution in [0.3, 0.4) is 0 Å². The van der Waals surface area contributed by atoms with Gasteiger partial charge in [-0.15, -0.1) is 0 Å². The Hall–Kier alpha value is -4.10. The summed E-state index contributed by atoms with van der Waals surface area (Å²) in [5.41, 5.74) is 2.23. The van der Waals surface area contributed by atoms with Gasteiger partial charge < -0.3 is 14.6 Å². The van der Waals surface area contributed by atoms with E-state index in [0.29, 0.717) is 17.0 Å². The number of hydrogen-bond acceptors (Lipinski definition) is 6. The molecule has 184 valence electrons. The molecule has 1 saturated heterocycles. The van der Waals surface area contributed by atoms with Crippen LogP contribution < -0.4 is 9.64 Å². The number of benzene rings is 3. The van der Waals surface area contributed by atoms with Gasteiger partial charge in [0.05, 0.1) is 36.4 Å². The second-order valence-corrected chi connectivity index (χ2v) is 8.56. The van der Waals surface area contributed by atoms with Gasteiger partial charge in [-0.1, -0.05) is 48.9 Å². The number of amides is 1. The first-order chi connectivity index (χ1) is 17.3. The van der Waals surface area contributed by atoms with Crippen LogP contribution in [-0.4, -0.2) is 37.0 Å². The molecule has 0 aromatic heterocycles. The average Bonchev–Trinajstić information content (AvgIpc) is 3.18. The van der Waals surface area contributed by atoms with E-state index in [1.165, 1.54) is 37.3 Å². The molecule has 0 spiro atoms. The van der Waals surface area contributed by atoms with Crippen molar-refractivity contribution in [2.24, 2.45) is 0 Å². The number of esters is 1. The van der Waals surface area contributed by atoms with Crippen molar-refractivity contribution in [1.29, 1.82) is 0 Å². The minimum absolute atomic E-state index is 0.122. The summed E-state index contributed by atoms with van der Waals surface area (Å²) in [6.45, 7) is 2.02. The van der Waals surface area contributed by atoms with E-state index < -0.39 is 29.5 Å². The minimum atomic E-state index is -0.967. The van der Waals surface area contributed by atoms with Crippen molar-refractivity contribution in [2.75, 3.05) is 19.1 Å². The maximum atomic E-state index is 13.4. The normalized spacial score (nSPS) is 16.8. The number of carbonyl (C=O) groups excluding carboxylic acids is 3. The van der Waals surface area contributed by atoms with E-state index in [1.807, 2.05) is 31.2 Å². The van der Waals surface area contributed by atoms with Gasteiger partial charge in [-0.05, 0) is 53.9 Å². The highest BCUT2D eigenvalue weighted by Gasteiger charge is 2.47. The van der Waals surface area contributed by atoms with Crippen molar-refractivity contribution < 1.29 is 29.0 Å². The number of nitrogens with zero attached hydrogens (tertiary/aromatic N) is 1. The van der Waals surface area contributed by atoms with E-state index in [9.17, 15) is 19.5 Å². The summed E-state index contributed by atoms with van der Waals surface area (Å²) in [6.07, 6.45) is 0.807. The van der Waals surface area contributed by atoms with E-state index in [2.05, 4.69) is 0 Å². The number of aliphatic hydroxyl groups excluding tert-OH is 1. The smallest absolute Gasteiger partial charge is 0.337 e. The summed E-state index contributed by atoms with van der Waals surface area (Å²) in [7, 11) is 2.73. The molecule has 1 N–H and O–H groups in total. The Kier molecular flexibility index (Phi) is 7.12. The van der Waals surface area contributed by atoms with Crippen LogP contribution in [0.15, 0.2) is 72.3 Å². The van der Waals surface area contributed by atoms with Gasteiger partial charge >= 0.3 is 5.97 Å². The molecular weight excluding hydrogens is 482 g/mol. The summed E-state index contributed by atoms with van der Waals surface area (Å²) in [6, 6.07) is 17.4. The molecule has 1 aliphatic heterocycles. The van der Waals surface area contributed by atoms with Gasteiger partial charge in [0, 0.05) is 11.3 Å². The molecule has 1 aliphatic rings. The molecule has 7 nitrogen and oxygen atoms in total. The van der Waals surface area contributed by atoms with Crippen molar-refractivity contribution in [3.8, 4) is 5.75 Å². The maximum absolute atomic E-state index is 13.4. The van der Waals surface area contributed by atoms with Crippen molar-refractivity contribution in [3.63, 3.8) is 0 Å². The lowest BCUT2D eigenvalue weighted by molar-refractivity contribution is -0.132. The molecule has 4 rings (SSSR count). The molecule has 0 aliphatic carbocycles. The predicted molar refractivity (Wildman–Crippen MR) is 136 cm³/mol. The highest BCUT2D eigenvalue weighted by atomic mass is 35.5. The Bertz CT molecular complexity index is 1380. The van der Waals surface area contributed by atoms with Crippen LogP contribution in [0.1, 0.15) is 40.0 Å². The van der Waals surface area contributed by atoms with Gasteiger partial charge in [-0.3, -0.25) is 14.5 Å².